The van der Waals surface area contributed by atoms with Gasteiger partial charge in [-0.1, -0.05) is 0 Å². The highest BCUT2D eigenvalue weighted by Crippen LogP contribution is 2.35. The first-order valence-electron chi connectivity index (χ1n) is 5.10. The van der Waals surface area contributed by atoms with Gasteiger partial charge in [-0.25, -0.2) is 4.21 Å². The molecule has 0 aliphatic carbocycles. The Morgan fingerprint density at radius 3 is 2.71 bits per heavy atom. The average molecular weight is 250 g/mol. The molecule has 2 rings (SSSR count). The first-order valence-corrected chi connectivity index (χ1v) is 7.43. The fourth-order valence-corrected chi connectivity index (χ4v) is 2.22. The molecule has 0 amide bonds. The minimum Gasteiger partial charge on any atom is -0.494 e. The van der Waals surface area contributed by atoms with Gasteiger partial charge in [0, 0.05) is 33.8 Å². The fourth-order valence-electron chi connectivity index (χ4n) is 1.60. The van der Waals surface area contributed by atoms with E-state index >= 15 is 0 Å². The van der Waals surface area contributed by atoms with Crippen LogP contribution >= 0.6 is 0 Å². The van der Waals surface area contributed by atoms with Gasteiger partial charge in [-0.2, -0.15) is 4.36 Å². The van der Waals surface area contributed by atoms with Crippen LogP contribution in [0.1, 0.15) is 0 Å². The molecule has 0 aliphatic heterocycles. The number of hydrogen-bond acceptors (Lipinski definition) is 4. The molecule has 0 N–H and O–H groups in total. The molecule has 0 unspecified atom stereocenters. The van der Waals surface area contributed by atoms with E-state index in [1.165, 1.54) is 0 Å². The molecule has 0 radical (unpaired) electrons. The Balaban J connectivity index is 2.86. The van der Waals surface area contributed by atoms with Gasteiger partial charge in [0.1, 0.15) is 11.4 Å². The zero-order valence-corrected chi connectivity index (χ0v) is 10.8. The summed E-state index contributed by atoms with van der Waals surface area (Å²) in [6.07, 6.45) is 4.91. The van der Waals surface area contributed by atoms with Crippen molar-refractivity contribution in [2.45, 2.75) is 0 Å². The number of aromatic nitrogens is 1. The van der Waals surface area contributed by atoms with Crippen molar-refractivity contribution in [1.29, 1.82) is 0 Å². The van der Waals surface area contributed by atoms with Crippen molar-refractivity contribution in [1.82, 2.24) is 4.98 Å². The average Bonchev–Trinajstić information content (AvgIpc) is 2.28. The van der Waals surface area contributed by atoms with Crippen LogP contribution in [0.3, 0.4) is 0 Å². The van der Waals surface area contributed by atoms with E-state index in [4.69, 9.17) is 4.74 Å². The van der Waals surface area contributed by atoms with Crippen molar-refractivity contribution in [3.05, 3.63) is 30.5 Å². The number of benzene rings is 1. The van der Waals surface area contributed by atoms with Crippen molar-refractivity contribution in [3.8, 4) is 5.75 Å². The third kappa shape index (κ3) is 2.55. The van der Waals surface area contributed by atoms with Crippen LogP contribution in [0.15, 0.2) is 34.8 Å². The van der Waals surface area contributed by atoms with E-state index in [0.717, 1.165) is 10.9 Å². The number of pyridine rings is 1. The van der Waals surface area contributed by atoms with Gasteiger partial charge in [-0.3, -0.25) is 4.98 Å². The number of fused-ring (bicyclic) bond motifs is 1. The molecule has 0 aliphatic rings. The molecule has 4 nitrogen and oxygen atoms in total. The van der Waals surface area contributed by atoms with Gasteiger partial charge in [0.25, 0.3) is 0 Å². The number of hydrogen-bond donors (Lipinski definition) is 0. The van der Waals surface area contributed by atoms with Crippen LogP contribution < -0.4 is 4.74 Å². The minimum atomic E-state index is -2.23. The number of methoxy groups -OCH3 is 1. The topological polar surface area (TPSA) is 51.6 Å². The largest absolute Gasteiger partial charge is 0.494 e. The molecule has 0 saturated heterocycles. The summed E-state index contributed by atoms with van der Waals surface area (Å²) in [6, 6.07) is 7.38. The highest BCUT2D eigenvalue weighted by molar-refractivity contribution is 7.92. The second-order valence-electron chi connectivity index (χ2n) is 3.96. The first kappa shape index (κ1) is 11.9. The van der Waals surface area contributed by atoms with Gasteiger partial charge in [0.05, 0.1) is 12.6 Å². The second-order valence-corrected chi connectivity index (χ2v) is 6.50. The van der Waals surface area contributed by atoms with Crippen LogP contribution in [0.25, 0.3) is 10.9 Å². The molecular weight excluding hydrogens is 236 g/mol. The first-order chi connectivity index (χ1) is 8.01. The zero-order chi connectivity index (χ0) is 12.5. The molecular formula is C12H14N2O2S. The summed E-state index contributed by atoms with van der Waals surface area (Å²) >= 11 is 0. The Morgan fingerprint density at radius 2 is 2.06 bits per heavy atom. The highest BCUT2D eigenvalue weighted by atomic mass is 32.2. The van der Waals surface area contributed by atoms with Crippen molar-refractivity contribution in [2.24, 2.45) is 4.36 Å². The van der Waals surface area contributed by atoms with Crippen LogP contribution in [-0.4, -0.2) is 28.8 Å². The quantitative estimate of drug-likeness (QED) is 0.823. The molecule has 1 heterocycles. The zero-order valence-electron chi connectivity index (χ0n) is 10.0. The van der Waals surface area contributed by atoms with E-state index in [0.29, 0.717) is 11.4 Å². The van der Waals surface area contributed by atoms with Crippen LogP contribution in [0.5, 0.6) is 5.75 Å². The summed E-state index contributed by atoms with van der Waals surface area (Å²) in [4.78, 5) is 4.24. The maximum atomic E-state index is 11.8. The van der Waals surface area contributed by atoms with Crippen molar-refractivity contribution in [3.63, 3.8) is 0 Å². The summed E-state index contributed by atoms with van der Waals surface area (Å²) in [5, 5.41) is 0.850. The Labute approximate surface area is 101 Å². The predicted molar refractivity (Wildman–Crippen MR) is 70.4 cm³/mol. The maximum Gasteiger partial charge on any atom is 0.145 e. The molecule has 0 bridgehead atoms. The summed E-state index contributed by atoms with van der Waals surface area (Å²) in [6.45, 7) is 0. The molecule has 0 fully saturated rings. The van der Waals surface area contributed by atoms with Crippen LogP contribution in [0.2, 0.25) is 0 Å². The predicted octanol–water partition coefficient (Wildman–Crippen LogP) is 2.60. The van der Waals surface area contributed by atoms with E-state index in [9.17, 15) is 4.21 Å². The van der Waals surface area contributed by atoms with Crippen molar-refractivity contribution < 1.29 is 8.95 Å². The lowest BCUT2D eigenvalue weighted by atomic mass is 10.2. The Kier molecular flexibility index (Phi) is 3.02. The molecule has 0 atom stereocenters. The smallest absolute Gasteiger partial charge is 0.145 e. The minimum absolute atomic E-state index is 0.605. The molecule has 0 spiro atoms. The van der Waals surface area contributed by atoms with E-state index in [1.807, 2.05) is 18.2 Å². The lowest BCUT2D eigenvalue weighted by molar-refractivity contribution is 0.417. The molecule has 1 aromatic carbocycles. The molecule has 2 aromatic rings. The maximum absolute atomic E-state index is 11.8. The fraction of sp³-hybridized carbons (Fsp3) is 0.250. The third-order valence-corrected chi connectivity index (χ3v) is 2.87. The summed E-state index contributed by atoms with van der Waals surface area (Å²) < 4.78 is 21.3. The number of nitrogens with zero attached hydrogens (tertiary/aromatic N) is 2. The molecule has 90 valence electrons. The summed E-state index contributed by atoms with van der Waals surface area (Å²) in [5.74, 6) is 0.613. The molecule has 5 heteroatoms. The van der Waals surface area contributed by atoms with Crippen molar-refractivity contribution >= 4 is 26.3 Å². The van der Waals surface area contributed by atoms with Gasteiger partial charge in [-0.05, 0) is 24.3 Å². The van der Waals surface area contributed by atoms with Crippen LogP contribution in [0.4, 0.5) is 5.69 Å². The Bertz CT molecular complexity index is 665. The van der Waals surface area contributed by atoms with Gasteiger partial charge in [-0.15, -0.1) is 0 Å². The van der Waals surface area contributed by atoms with E-state index < -0.39 is 9.73 Å². The standard InChI is InChI=1S/C12H14N2O2S/c1-16-11-7-6-10-9(5-4-8-13-10)12(11)14-17(2,3)15/h4-8H,1-3H3. The SMILES string of the molecule is COc1ccc2ncccc2c1N=S(C)(C)=O. The normalized spacial score (nSPS) is 11.5. The Morgan fingerprint density at radius 1 is 1.29 bits per heavy atom. The summed E-state index contributed by atoms with van der Waals surface area (Å²) in [7, 11) is -0.661. The number of rotatable bonds is 2. The molecule has 0 saturated carbocycles. The van der Waals surface area contributed by atoms with Crippen molar-refractivity contribution in [2.75, 3.05) is 19.6 Å². The lowest BCUT2D eigenvalue weighted by Crippen LogP contribution is -1.92. The summed E-state index contributed by atoms with van der Waals surface area (Å²) in [5.41, 5.74) is 1.42. The van der Waals surface area contributed by atoms with Gasteiger partial charge >= 0.3 is 0 Å². The van der Waals surface area contributed by atoms with E-state index in [1.54, 1.807) is 31.9 Å². The van der Waals surface area contributed by atoms with E-state index in [2.05, 4.69) is 9.35 Å². The molecule has 1 aromatic heterocycles. The second kappa shape index (κ2) is 4.33. The van der Waals surface area contributed by atoms with E-state index in [-0.39, 0.29) is 0 Å². The van der Waals surface area contributed by atoms with Crippen LogP contribution in [0, 0.1) is 0 Å². The van der Waals surface area contributed by atoms with Gasteiger partial charge in [0.2, 0.25) is 0 Å². The lowest BCUT2D eigenvalue weighted by Gasteiger charge is -2.08. The number of ether oxygens (including phenoxy) is 1. The highest BCUT2D eigenvalue weighted by Gasteiger charge is 2.09. The van der Waals surface area contributed by atoms with Gasteiger partial charge < -0.3 is 4.74 Å². The molecule has 17 heavy (non-hydrogen) atoms. The van der Waals surface area contributed by atoms with Crippen LogP contribution in [-0.2, 0) is 9.73 Å². The monoisotopic (exact) mass is 250 g/mol. The third-order valence-electron chi connectivity index (χ3n) is 2.25. The Hall–Kier alpha value is -1.62. The van der Waals surface area contributed by atoms with Gasteiger partial charge in [0.15, 0.2) is 0 Å².